The summed E-state index contributed by atoms with van der Waals surface area (Å²) in [5.74, 6) is 1.70. The normalized spacial score (nSPS) is 12.8. The molecule has 1 aromatic heterocycles. The molecule has 0 amide bonds. The smallest absolute Gasteiger partial charge is 0.129 e. The molecule has 1 rings (SSSR count). The topological polar surface area (TPSA) is 9.23 Å². The van der Waals surface area contributed by atoms with Gasteiger partial charge in [0.1, 0.15) is 5.75 Å². The van der Waals surface area contributed by atoms with E-state index in [0.29, 0.717) is 5.92 Å². The number of hydrogen-bond acceptors (Lipinski definition) is 2. The van der Waals surface area contributed by atoms with Gasteiger partial charge in [0.15, 0.2) is 0 Å². The zero-order valence-electron chi connectivity index (χ0n) is 8.45. The van der Waals surface area contributed by atoms with E-state index in [1.165, 1.54) is 19.3 Å². The second kappa shape index (κ2) is 6.03. The van der Waals surface area contributed by atoms with E-state index in [4.69, 9.17) is 4.74 Å². The van der Waals surface area contributed by atoms with Gasteiger partial charge in [-0.2, -0.15) is 0 Å². The van der Waals surface area contributed by atoms with Crippen molar-refractivity contribution in [3.05, 3.63) is 16.8 Å². The molecule has 0 bridgehead atoms. The molecule has 0 saturated heterocycles. The van der Waals surface area contributed by atoms with Crippen molar-refractivity contribution in [3.63, 3.8) is 0 Å². The van der Waals surface area contributed by atoms with Gasteiger partial charge < -0.3 is 4.74 Å². The van der Waals surface area contributed by atoms with E-state index in [2.05, 4.69) is 13.8 Å². The van der Waals surface area contributed by atoms with Crippen molar-refractivity contribution in [2.75, 3.05) is 6.61 Å². The maximum atomic E-state index is 5.62. The maximum absolute atomic E-state index is 5.62. The van der Waals surface area contributed by atoms with Crippen molar-refractivity contribution < 1.29 is 4.74 Å². The van der Waals surface area contributed by atoms with Crippen molar-refractivity contribution in [1.82, 2.24) is 0 Å². The molecule has 0 aliphatic rings. The first-order chi connectivity index (χ1) is 6.33. The van der Waals surface area contributed by atoms with Crippen molar-refractivity contribution >= 4 is 11.3 Å². The highest BCUT2D eigenvalue weighted by molar-refractivity contribution is 7.08. The third-order valence-electron chi connectivity index (χ3n) is 2.08. The van der Waals surface area contributed by atoms with E-state index in [9.17, 15) is 0 Å². The van der Waals surface area contributed by atoms with Gasteiger partial charge in [0.05, 0.1) is 6.61 Å². The minimum Gasteiger partial charge on any atom is -0.492 e. The molecule has 0 aromatic carbocycles. The summed E-state index contributed by atoms with van der Waals surface area (Å²) < 4.78 is 5.62. The Hall–Kier alpha value is -0.500. The molecule has 0 aliphatic carbocycles. The van der Waals surface area contributed by atoms with Gasteiger partial charge in [0.25, 0.3) is 0 Å². The van der Waals surface area contributed by atoms with Crippen LogP contribution in [0.25, 0.3) is 0 Å². The summed E-state index contributed by atoms with van der Waals surface area (Å²) in [6.45, 7) is 5.34. The second-order valence-electron chi connectivity index (χ2n) is 3.52. The van der Waals surface area contributed by atoms with Crippen LogP contribution in [0.1, 0.15) is 33.1 Å². The van der Waals surface area contributed by atoms with Gasteiger partial charge in [0, 0.05) is 5.38 Å². The van der Waals surface area contributed by atoms with Crippen LogP contribution in [-0.2, 0) is 0 Å². The molecule has 0 radical (unpaired) electrons. The van der Waals surface area contributed by atoms with Crippen LogP contribution in [0.4, 0.5) is 0 Å². The van der Waals surface area contributed by atoms with Crippen LogP contribution in [0.3, 0.4) is 0 Å². The zero-order chi connectivity index (χ0) is 9.52. The summed E-state index contributed by atoms with van der Waals surface area (Å²) in [6.07, 6.45) is 3.87. The quantitative estimate of drug-likeness (QED) is 0.672. The molecular weight excluding hydrogens is 180 g/mol. The number of rotatable bonds is 6. The Bertz CT molecular complexity index is 206. The van der Waals surface area contributed by atoms with Crippen molar-refractivity contribution in [2.24, 2.45) is 5.92 Å². The number of unbranched alkanes of at least 4 members (excludes halogenated alkanes) is 1. The molecule has 1 unspecified atom stereocenters. The molecule has 1 nitrogen and oxygen atoms in total. The Kier molecular flexibility index (Phi) is 4.91. The molecule has 0 N–H and O–H groups in total. The lowest BCUT2D eigenvalue weighted by Gasteiger charge is -2.10. The third-order valence-corrected chi connectivity index (χ3v) is 2.74. The number of hydrogen-bond donors (Lipinski definition) is 0. The fourth-order valence-corrected chi connectivity index (χ4v) is 1.78. The minimum atomic E-state index is 0.680. The van der Waals surface area contributed by atoms with Crippen molar-refractivity contribution in [1.29, 1.82) is 0 Å². The number of ether oxygens (including phenoxy) is 1. The SMILES string of the molecule is CCCCC(C)COc1ccsc1. The Morgan fingerprint density at radius 3 is 3.00 bits per heavy atom. The highest BCUT2D eigenvalue weighted by Crippen LogP contribution is 2.16. The summed E-state index contributed by atoms with van der Waals surface area (Å²) >= 11 is 1.68. The zero-order valence-corrected chi connectivity index (χ0v) is 9.27. The van der Waals surface area contributed by atoms with Crippen LogP contribution in [0.5, 0.6) is 5.75 Å². The van der Waals surface area contributed by atoms with E-state index >= 15 is 0 Å². The van der Waals surface area contributed by atoms with Crippen molar-refractivity contribution in [2.45, 2.75) is 33.1 Å². The summed E-state index contributed by atoms with van der Waals surface area (Å²) in [4.78, 5) is 0. The van der Waals surface area contributed by atoms with E-state index in [1.54, 1.807) is 11.3 Å². The van der Waals surface area contributed by atoms with Crippen LogP contribution in [0.15, 0.2) is 16.8 Å². The molecular formula is C11H18OS. The monoisotopic (exact) mass is 198 g/mol. The third kappa shape index (κ3) is 4.32. The van der Waals surface area contributed by atoms with Crippen molar-refractivity contribution in [3.8, 4) is 5.75 Å². The fraction of sp³-hybridized carbons (Fsp3) is 0.636. The van der Waals surface area contributed by atoms with Crippen LogP contribution in [-0.4, -0.2) is 6.61 Å². The highest BCUT2D eigenvalue weighted by atomic mass is 32.1. The van der Waals surface area contributed by atoms with Gasteiger partial charge in [-0.1, -0.05) is 26.7 Å². The molecule has 2 heteroatoms. The van der Waals surface area contributed by atoms with Gasteiger partial charge in [-0.3, -0.25) is 0 Å². The van der Waals surface area contributed by atoms with Crippen LogP contribution in [0.2, 0.25) is 0 Å². The van der Waals surface area contributed by atoms with E-state index < -0.39 is 0 Å². The molecule has 0 spiro atoms. The predicted octanol–water partition coefficient (Wildman–Crippen LogP) is 3.95. The predicted molar refractivity (Wildman–Crippen MR) is 58.5 cm³/mol. The Labute approximate surface area is 84.7 Å². The molecule has 0 aliphatic heterocycles. The lowest BCUT2D eigenvalue weighted by molar-refractivity contribution is 0.250. The van der Waals surface area contributed by atoms with Gasteiger partial charge in [-0.05, 0) is 23.8 Å². The first kappa shape index (κ1) is 10.6. The molecule has 0 saturated carbocycles. The van der Waals surface area contributed by atoms with E-state index in [1.807, 2.05) is 16.8 Å². The van der Waals surface area contributed by atoms with Gasteiger partial charge in [0.2, 0.25) is 0 Å². The molecule has 13 heavy (non-hydrogen) atoms. The van der Waals surface area contributed by atoms with Crippen LogP contribution < -0.4 is 4.74 Å². The highest BCUT2D eigenvalue weighted by Gasteiger charge is 2.02. The first-order valence-corrected chi connectivity index (χ1v) is 5.92. The summed E-state index contributed by atoms with van der Waals surface area (Å²) in [6, 6.07) is 2.03. The molecule has 0 fully saturated rings. The molecule has 74 valence electrons. The average molecular weight is 198 g/mol. The van der Waals surface area contributed by atoms with E-state index in [0.717, 1.165) is 12.4 Å². The lowest BCUT2D eigenvalue weighted by atomic mass is 10.1. The summed E-state index contributed by atoms with van der Waals surface area (Å²) in [5, 5.41) is 4.10. The van der Waals surface area contributed by atoms with Gasteiger partial charge in [-0.25, -0.2) is 0 Å². The summed E-state index contributed by atoms with van der Waals surface area (Å²) in [7, 11) is 0. The van der Waals surface area contributed by atoms with Gasteiger partial charge >= 0.3 is 0 Å². The summed E-state index contributed by atoms with van der Waals surface area (Å²) in [5.41, 5.74) is 0. The Balaban J connectivity index is 2.11. The average Bonchev–Trinajstić information content (AvgIpc) is 2.64. The standard InChI is InChI=1S/C11H18OS/c1-3-4-5-10(2)8-12-11-6-7-13-9-11/h6-7,9-10H,3-5,8H2,1-2H3. The molecule has 1 aromatic rings. The lowest BCUT2D eigenvalue weighted by Crippen LogP contribution is -2.07. The largest absolute Gasteiger partial charge is 0.492 e. The minimum absolute atomic E-state index is 0.680. The molecule has 1 heterocycles. The fourth-order valence-electron chi connectivity index (χ4n) is 1.21. The van der Waals surface area contributed by atoms with Crippen LogP contribution in [0, 0.1) is 5.92 Å². The Morgan fingerprint density at radius 1 is 1.54 bits per heavy atom. The van der Waals surface area contributed by atoms with E-state index in [-0.39, 0.29) is 0 Å². The Morgan fingerprint density at radius 2 is 2.38 bits per heavy atom. The van der Waals surface area contributed by atoms with Gasteiger partial charge in [-0.15, -0.1) is 11.3 Å². The first-order valence-electron chi connectivity index (χ1n) is 4.98. The van der Waals surface area contributed by atoms with Crippen LogP contribution >= 0.6 is 11.3 Å². The number of thiophene rings is 1. The second-order valence-corrected chi connectivity index (χ2v) is 4.30. The molecule has 1 atom stereocenters. The maximum Gasteiger partial charge on any atom is 0.129 e.